The molecule has 3 rings (SSSR count). The average Bonchev–Trinajstić information content (AvgIpc) is 3.13. The topological polar surface area (TPSA) is 67.8 Å². The first-order valence-electron chi connectivity index (χ1n) is 8.13. The Morgan fingerprint density at radius 3 is 2.75 bits per heavy atom. The molecule has 1 atom stereocenters. The van der Waals surface area contributed by atoms with Gasteiger partial charge < -0.3 is 19.9 Å². The van der Waals surface area contributed by atoms with Crippen molar-refractivity contribution < 1.29 is 19.4 Å². The van der Waals surface area contributed by atoms with Crippen molar-refractivity contribution in [3.8, 4) is 11.5 Å². The molecule has 5 nitrogen and oxygen atoms in total. The van der Waals surface area contributed by atoms with E-state index in [2.05, 4.69) is 5.32 Å². The van der Waals surface area contributed by atoms with Crippen molar-refractivity contribution in [3.63, 3.8) is 0 Å². The largest absolute Gasteiger partial charge is 0.508 e. The Hall–Kier alpha value is -2.53. The molecule has 2 N–H and O–H groups in total. The van der Waals surface area contributed by atoms with Crippen LogP contribution in [-0.4, -0.2) is 30.3 Å². The van der Waals surface area contributed by atoms with Crippen molar-refractivity contribution >= 4 is 5.97 Å². The lowest BCUT2D eigenvalue weighted by Gasteiger charge is -2.14. The van der Waals surface area contributed by atoms with E-state index in [0.29, 0.717) is 23.5 Å². The van der Waals surface area contributed by atoms with E-state index in [1.54, 1.807) is 42.5 Å². The molecule has 0 aromatic heterocycles. The van der Waals surface area contributed by atoms with Crippen LogP contribution in [0.2, 0.25) is 0 Å². The summed E-state index contributed by atoms with van der Waals surface area (Å²) in [5.41, 5.74) is 1.06. The van der Waals surface area contributed by atoms with E-state index >= 15 is 0 Å². The van der Waals surface area contributed by atoms with E-state index in [1.807, 2.05) is 6.07 Å². The minimum Gasteiger partial charge on any atom is -0.508 e. The summed E-state index contributed by atoms with van der Waals surface area (Å²) in [5.74, 6) is 0.228. The van der Waals surface area contributed by atoms with Crippen LogP contribution in [-0.2, 0) is 11.3 Å². The Morgan fingerprint density at radius 1 is 1.17 bits per heavy atom. The van der Waals surface area contributed by atoms with Gasteiger partial charge in [-0.25, -0.2) is 4.79 Å². The van der Waals surface area contributed by atoms with Gasteiger partial charge in [0.15, 0.2) is 0 Å². The smallest absolute Gasteiger partial charge is 0.341 e. The van der Waals surface area contributed by atoms with Crippen LogP contribution in [0, 0.1) is 0 Å². The lowest BCUT2D eigenvalue weighted by molar-refractivity contribution is 0.0468. The number of para-hydroxylation sites is 2. The normalized spacial score (nSPS) is 16.8. The van der Waals surface area contributed by atoms with Gasteiger partial charge in [0.05, 0.1) is 0 Å². The quantitative estimate of drug-likeness (QED) is 0.799. The van der Waals surface area contributed by atoms with Gasteiger partial charge in [-0.1, -0.05) is 30.3 Å². The molecule has 24 heavy (non-hydrogen) atoms. The molecule has 2 aromatic rings. The molecule has 0 saturated carbocycles. The molecule has 1 aliphatic rings. The van der Waals surface area contributed by atoms with Gasteiger partial charge in [0, 0.05) is 11.6 Å². The number of phenols is 1. The maximum Gasteiger partial charge on any atom is 0.341 e. The fraction of sp³-hybridized carbons (Fsp3) is 0.316. The van der Waals surface area contributed by atoms with Gasteiger partial charge in [0.1, 0.15) is 30.3 Å². The number of hydrogen-bond donors (Lipinski definition) is 2. The van der Waals surface area contributed by atoms with E-state index in [1.165, 1.54) is 0 Å². The first kappa shape index (κ1) is 16.3. The number of benzene rings is 2. The van der Waals surface area contributed by atoms with E-state index in [0.717, 1.165) is 19.4 Å². The van der Waals surface area contributed by atoms with Crippen LogP contribution >= 0.6 is 0 Å². The van der Waals surface area contributed by atoms with Gasteiger partial charge in [-0.2, -0.15) is 0 Å². The SMILES string of the molecule is O=C(OCC1CCCN1)c1ccccc1OCc1ccccc1O. The van der Waals surface area contributed by atoms with Crippen molar-refractivity contribution in [1.29, 1.82) is 0 Å². The van der Waals surface area contributed by atoms with Crippen molar-refractivity contribution in [3.05, 3.63) is 59.7 Å². The van der Waals surface area contributed by atoms with E-state index in [-0.39, 0.29) is 18.4 Å². The number of ether oxygens (including phenoxy) is 2. The van der Waals surface area contributed by atoms with Gasteiger partial charge in [0.2, 0.25) is 0 Å². The summed E-state index contributed by atoms with van der Waals surface area (Å²) in [4.78, 5) is 12.3. The third-order valence-electron chi connectivity index (χ3n) is 4.06. The summed E-state index contributed by atoms with van der Waals surface area (Å²) in [7, 11) is 0. The van der Waals surface area contributed by atoms with Crippen molar-refractivity contribution in [1.82, 2.24) is 5.32 Å². The van der Waals surface area contributed by atoms with Crippen LogP contribution in [0.5, 0.6) is 11.5 Å². The third-order valence-corrected chi connectivity index (χ3v) is 4.06. The number of carbonyl (C=O) groups is 1. The monoisotopic (exact) mass is 327 g/mol. The molecule has 1 unspecified atom stereocenters. The van der Waals surface area contributed by atoms with Crippen molar-refractivity contribution in [2.75, 3.05) is 13.2 Å². The second-order valence-corrected chi connectivity index (χ2v) is 5.81. The number of hydrogen-bond acceptors (Lipinski definition) is 5. The number of esters is 1. The van der Waals surface area contributed by atoms with Crippen LogP contribution in [0.3, 0.4) is 0 Å². The molecule has 1 aliphatic heterocycles. The number of carbonyl (C=O) groups excluding carboxylic acids is 1. The molecular weight excluding hydrogens is 306 g/mol. The minimum atomic E-state index is -0.392. The van der Waals surface area contributed by atoms with Crippen LogP contribution in [0.15, 0.2) is 48.5 Å². The van der Waals surface area contributed by atoms with Crippen LogP contribution in [0.25, 0.3) is 0 Å². The second kappa shape index (κ2) is 7.84. The highest BCUT2D eigenvalue weighted by Gasteiger charge is 2.19. The first-order valence-corrected chi connectivity index (χ1v) is 8.13. The number of rotatable bonds is 6. The Morgan fingerprint density at radius 2 is 1.96 bits per heavy atom. The minimum absolute atomic E-state index is 0.171. The zero-order valence-corrected chi connectivity index (χ0v) is 13.4. The van der Waals surface area contributed by atoms with Gasteiger partial charge in [-0.15, -0.1) is 0 Å². The molecule has 0 radical (unpaired) electrons. The summed E-state index contributed by atoms with van der Waals surface area (Å²) < 4.78 is 11.1. The summed E-state index contributed by atoms with van der Waals surface area (Å²) in [5, 5.41) is 13.1. The molecule has 0 bridgehead atoms. The summed E-state index contributed by atoms with van der Waals surface area (Å²) in [6.07, 6.45) is 2.14. The van der Waals surface area contributed by atoms with Crippen LogP contribution in [0.1, 0.15) is 28.8 Å². The molecule has 5 heteroatoms. The molecular formula is C19H21NO4. The predicted octanol–water partition coefficient (Wildman–Crippen LogP) is 2.88. The highest BCUT2D eigenvalue weighted by atomic mass is 16.5. The fourth-order valence-electron chi connectivity index (χ4n) is 2.70. The van der Waals surface area contributed by atoms with Gasteiger partial charge in [-0.05, 0) is 37.6 Å². The molecule has 1 fully saturated rings. The molecule has 0 spiro atoms. The number of nitrogens with one attached hydrogen (secondary N) is 1. The van der Waals surface area contributed by atoms with E-state index < -0.39 is 5.97 Å². The second-order valence-electron chi connectivity index (χ2n) is 5.81. The number of aromatic hydroxyl groups is 1. The van der Waals surface area contributed by atoms with Gasteiger partial charge >= 0.3 is 5.97 Å². The van der Waals surface area contributed by atoms with E-state index in [9.17, 15) is 9.90 Å². The molecule has 0 amide bonds. The third kappa shape index (κ3) is 4.06. The van der Waals surface area contributed by atoms with E-state index in [4.69, 9.17) is 9.47 Å². The molecule has 126 valence electrons. The van der Waals surface area contributed by atoms with Crippen LogP contribution < -0.4 is 10.1 Å². The van der Waals surface area contributed by atoms with Gasteiger partial charge in [0.25, 0.3) is 0 Å². The Labute approximate surface area is 141 Å². The maximum absolute atomic E-state index is 12.3. The number of phenolic OH excluding ortho intramolecular Hbond substituents is 1. The van der Waals surface area contributed by atoms with Crippen molar-refractivity contribution in [2.24, 2.45) is 0 Å². The zero-order chi connectivity index (χ0) is 16.8. The Kier molecular flexibility index (Phi) is 5.33. The summed E-state index contributed by atoms with van der Waals surface area (Å²) in [6, 6.07) is 14.2. The highest BCUT2D eigenvalue weighted by Crippen LogP contribution is 2.23. The van der Waals surface area contributed by atoms with Gasteiger partial charge in [-0.3, -0.25) is 0 Å². The lowest BCUT2D eigenvalue weighted by Crippen LogP contribution is -2.28. The summed E-state index contributed by atoms with van der Waals surface area (Å²) in [6.45, 7) is 1.52. The molecule has 2 aromatic carbocycles. The molecule has 1 heterocycles. The highest BCUT2D eigenvalue weighted by molar-refractivity contribution is 5.92. The fourth-order valence-corrected chi connectivity index (χ4v) is 2.70. The van der Waals surface area contributed by atoms with Crippen LogP contribution in [0.4, 0.5) is 0 Å². The maximum atomic E-state index is 12.3. The first-order chi connectivity index (χ1) is 11.7. The molecule has 1 saturated heterocycles. The Bertz CT molecular complexity index is 695. The summed E-state index contributed by atoms with van der Waals surface area (Å²) >= 11 is 0. The Balaban J connectivity index is 1.63. The zero-order valence-electron chi connectivity index (χ0n) is 13.4. The average molecular weight is 327 g/mol. The molecule has 0 aliphatic carbocycles. The lowest BCUT2D eigenvalue weighted by atomic mass is 10.2. The predicted molar refractivity (Wildman–Crippen MR) is 90.2 cm³/mol. The standard InChI is InChI=1S/C19H21NO4/c21-17-9-3-1-6-14(17)12-23-18-10-4-2-8-16(18)19(22)24-13-15-7-5-11-20-15/h1-4,6,8-10,15,20-21H,5,7,11-13H2. The van der Waals surface area contributed by atoms with Crippen molar-refractivity contribution in [2.45, 2.75) is 25.5 Å².